The monoisotopic (exact) mass is 333 g/mol. The maximum Gasteiger partial charge on any atom is 0.123 e. The summed E-state index contributed by atoms with van der Waals surface area (Å²) in [6, 6.07) is 8.57. The standard InChI is InChI=1S/C17H23N3O2S/c1-21-11-17-19-13(12-23-17)10-20-8-7-18-9-15(20)14-5-3-4-6-16(14)22-2/h3-6,12,15,18H,7-11H2,1-2H3. The van der Waals surface area contributed by atoms with Crippen molar-refractivity contribution >= 4 is 11.3 Å². The van der Waals surface area contributed by atoms with Gasteiger partial charge in [-0.1, -0.05) is 18.2 Å². The number of hydrogen-bond donors (Lipinski definition) is 1. The second-order valence-electron chi connectivity index (χ2n) is 5.60. The van der Waals surface area contributed by atoms with Crippen molar-refractivity contribution in [1.82, 2.24) is 15.2 Å². The first-order valence-electron chi connectivity index (χ1n) is 7.81. The topological polar surface area (TPSA) is 46.6 Å². The first-order chi connectivity index (χ1) is 11.3. The van der Waals surface area contributed by atoms with Crippen LogP contribution in [0.5, 0.6) is 5.75 Å². The van der Waals surface area contributed by atoms with Crippen LogP contribution in [0.4, 0.5) is 0 Å². The Hall–Kier alpha value is -1.47. The van der Waals surface area contributed by atoms with Gasteiger partial charge in [-0.2, -0.15) is 0 Å². The molecule has 23 heavy (non-hydrogen) atoms. The summed E-state index contributed by atoms with van der Waals surface area (Å²) < 4.78 is 10.7. The highest BCUT2D eigenvalue weighted by Gasteiger charge is 2.26. The first-order valence-corrected chi connectivity index (χ1v) is 8.69. The van der Waals surface area contributed by atoms with Gasteiger partial charge in [0.05, 0.1) is 25.5 Å². The number of benzene rings is 1. The molecule has 1 saturated heterocycles. The van der Waals surface area contributed by atoms with Crippen LogP contribution >= 0.6 is 11.3 Å². The smallest absolute Gasteiger partial charge is 0.123 e. The molecule has 6 heteroatoms. The second kappa shape index (κ2) is 7.88. The van der Waals surface area contributed by atoms with E-state index in [2.05, 4.69) is 32.7 Å². The Morgan fingerprint density at radius 2 is 2.22 bits per heavy atom. The molecule has 1 fully saturated rings. The van der Waals surface area contributed by atoms with Crippen molar-refractivity contribution in [3.63, 3.8) is 0 Å². The minimum Gasteiger partial charge on any atom is -0.496 e. The van der Waals surface area contributed by atoms with Crippen LogP contribution in [0.1, 0.15) is 22.3 Å². The quantitative estimate of drug-likeness (QED) is 0.880. The van der Waals surface area contributed by atoms with E-state index >= 15 is 0 Å². The Labute approximate surface area is 141 Å². The number of ether oxygens (including phenoxy) is 2. The minimum atomic E-state index is 0.299. The number of nitrogens with one attached hydrogen (secondary N) is 1. The Morgan fingerprint density at radius 1 is 1.35 bits per heavy atom. The van der Waals surface area contributed by atoms with Crippen LogP contribution in [0.3, 0.4) is 0 Å². The van der Waals surface area contributed by atoms with Gasteiger partial charge in [-0.05, 0) is 6.07 Å². The lowest BCUT2D eigenvalue weighted by Crippen LogP contribution is -2.45. The van der Waals surface area contributed by atoms with Crippen molar-refractivity contribution < 1.29 is 9.47 Å². The Kier molecular flexibility index (Phi) is 5.61. The van der Waals surface area contributed by atoms with Crippen LogP contribution in [-0.4, -0.2) is 43.7 Å². The van der Waals surface area contributed by atoms with E-state index in [1.807, 2.05) is 12.1 Å². The second-order valence-corrected chi connectivity index (χ2v) is 6.54. The van der Waals surface area contributed by atoms with E-state index in [1.54, 1.807) is 25.6 Å². The molecule has 1 N–H and O–H groups in total. The fraction of sp³-hybridized carbons (Fsp3) is 0.471. The van der Waals surface area contributed by atoms with E-state index < -0.39 is 0 Å². The number of aromatic nitrogens is 1. The third-order valence-electron chi connectivity index (χ3n) is 4.08. The minimum absolute atomic E-state index is 0.299. The van der Waals surface area contributed by atoms with Crippen LogP contribution in [0.25, 0.3) is 0 Å². The van der Waals surface area contributed by atoms with E-state index in [-0.39, 0.29) is 0 Å². The van der Waals surface area contributed by atoms with E-state index in [0.717, 1.165) is 42.6 Å². The van der Waals surface area contributed by atoms with Gasteiger partial charge < -0.3 is 14.8 Å². The zero-order valence-electron chi connectivity index (χ0n) is 13.6. The van der Waals surface area contributed by atoms with Gasteiger partial charge in [0.25, 0.3) is 0 Å². The predicted molar refractivity (Wildman–Crippen MR) is 91.8 cm³/mol. The zero-order chi connectivity index (χ0) is 16.1. The Balaban J connectivity index is 1.78. The maximum atomic E-state index is 5.55. The number of methoxy groups -OCH3 is 2. The van der Waals surface area contributed by atoms with Gasteiger partial charge in [0, 0.05) is 44.2 Å². The normalized spacial score (nSPS) is 19.0. The molecule has 0 bridgehead atoms. The summed E-state index contributed by atoms with van der Waals surface area (Å²) in [6.07, 6.45) is 0. The van der Waals surface area contributed by atoms with Gasteiger partial charge in [-0.3, -0.25) is 4.90 Å². The van der Waals surface area contributed by atoms with Crippen LogP contribution in [0, 0.1) is 0 Å². The molecule has 1 aliphatic rings. The van der Waals surface area contributed by atoms with Gasteiger partial charge >= 0.3 is 0 Å². The summed E-state index contributed by atoms with van der Waals surface area (Å²) in [6.45, 7) is 4.36. The number of piperazine rings is 1. The lowest BCUT2D eigenvalue weighted by Gasteiger charge is -2.36. The van der Waals surface area contributed by atoms with Crippen molar-refractivity contribution in [2.24, 2.45) is 0 Å². The number of para-hydroxylation sites is 1. The van der Waals surface area contributed by atoms with Gasteiger partial charge in [0.15, 0.2) is 0 Å². The van der Waals surface area contributed by atoms with Crippen LogP contribution in [0.2, 0.25) is 0 Å². The molecular formula is C17H23N3O2S. The molecular weight excluding hydrogens is 310 g/mol. The molecule has 0 spiro atoms. The fourth-order valence-corrected chi connectivity index (χ4v) is 3.76. The molecule has 2 aromatic rings. The van der Waals surface area contributed by atoms with Crippen molar-refractivity contribution in [3.05, 3.63) is 45.9 Å². The predicted octanol–water partition coefficient (Wildman–Crippen LogP) is 2.44. The average Bonchev–Trinajstić information content (AvgIpc) is 3.03. The van der Waals surface area contributed by atoms with Crippen molar-refractivity contribution in [1.29, 1.82) is 0 Å². The molecule has 1 unspecified atom stereocenters. The average molecular weight is 333 g/mol. The number of nitrogens with zero attached hydrogens (tertiary/aromatic N) is 2. The summed E-state index contributed by atoms with van der Waals surface area (Å²) in [5.74, 6) is 0.949. The zero-order valence-corrected chi connectivity index (χ0v) is 14.4. The lowest BCUT2D eigenvalue weighted by molar-refractivity contribution is 0.149. The molecule has 124 valence electrons. The van der Waals surface area contributed by atoms with Gasteiger partial charge in [0.2, 0.25) is 0 Å². The molecule has 2 heterocycles. The highest BCUT2D eigenvalue weighted by molar-refractivity contribution is 7.09. The van der Waals surface area contributed by atoms with Crippen molar-refractivity contribution in [2.75, 3.05) is 33.9 Å². The molecule has 0 saturated carbocycles. The molecule has 1 aromatic carbocycles. The summed E-state index contributed by atoms with van der Waals surface area (Å²) in [7, 11) is 3.44. The van der Waals surface area contributed by atoms with Crippen LogP contribution in [-0.2, 0) is 17.9 Å². The van der Waals surface area contributed by atoms with E-state index in [9.17, 15) is 0 Å². The van der Waals surface area contributed by atoms with Crippen LogP contribution < -0.4 is 10.1 Å². The van der Waals surface area contributed by atoms with E-state index in [0.29, 0.717) is 12.6 Å². The molecule has 0 aliphatic carbocycles. The highest BCUT2D eigenvalue weighted by atomic mass is 32.1. The highest BCUT2D eigenvalue weighted by Crippen LogP contribution is 2.31. The number of hydrogen-bond acceptors (Lipinski definition) is 6. The number of rotatable bonds is 6. The summed E-state index contributed by atoms with van der Waals surface area (Å²) in [4.78, 5) is 7.14. The summed E-state index contributed by atoms with van der Waals surface area (Å²) >= 11 is 1.66. The van der Waals surface area contributed by atoms with Gasteiger partial charge in [-0.15, -0.1) is 11.3 Å². The van der Waals surface area contributed by atoms with E-state index in [1.165, 1.54) is 5.56 Å². The van der Waals surface area contributed by atoms with Gasteiger partial charge in [-0.25, -0.2) is 4.98 Å². The molecule has 1 atom stereocenters. The third-order valence-corrected chi connectivity index (χ3v) is 4.96. The summed E-state index contributed by atoms with van der Waals surface area (Å²) in [5.41, 5.74) is 2.35. The molecule has 1 aliphatic heterocycles. The lowest BCUT2D eigenvalue weighted by atomic mass is 10.0. The maximum absolute atomic E-state index is 5.55. The van der Waals surface area contributed by atoms with Crippen molar-refractivity contribution in [2.45, 2.75) is 19.2 Å². The Morgan fingerprint density at radius 3 is 3.04 bits per heavy atom. The first kappa shape index (κ1) is 16.4. The van der Waals surface area contributed by atoms with Gasteiger partial charge in [0.1, 0.15) is 10.8 Å². The molecule has 5 nitrogen and oxygen atoms in total. The third kappa shape index (κ3) is 3.90. The number of thiazole rings is 1. The fourth-order valence-electron chi connectivity index (χ4n) is 3.00. The molecule has 1 aromatic heterocycles. The summed E-state index contributed by atoms with van der Waals surface area (Å²) in [5, 5.41) is 6.66. The van der Waals surface area contributed by atoms with Crippen LogP contribution in [0.15, 0.2) is 29.6 Å². The Bertz CT molecular complexity index is 632. The van der Waals surface area contributed by atoms with E-state index in [4.69, 9.17) is 9.47 Å². The largest absolute Gasteiger partial charge is 0.496 e. The molecule has 0 radical (unpaired) electrons. The molecule has 0 amide bonds. The SMILES string of the molecule is COCc1nc(CN2CCNCC2c2ccccc2OC)cs1. The molecule has 3 rings (SSSR count). The van der Waals surface area contributed by atoms with Crippen molar-refractivity contribution in [3.8, 4) is 5.75 Å².